The van der Waals surface area contributed by atoms with Crippen LogP contribution < -0.4 is 5.73 Å². The lowest BCUT2D eigenvalue weighted by atomic mass is 10.1. The third-order valence-electron chi connectivity index (χ3n) is 3.64. The van der Waals surface area contributed by atoms with Gasteiger partial charge in [-0.15, -0.1) is 0 Å². The molecule has 0 fully saturated rings. The van der Waals surface area contributed by atoms with Crippen molar-refractivity contribution >= 4 is 29.3 Å². The van der Waals surface area contributed by atoms with Gasteiger partial charge in [-0.3, -0.25) is 4.79 Å². The van der Waals surface area contributed by atoms with Gasteiger partial charge in [-0.05, 0) is 25.0 Å². The van der Waals surface area contributed by atoms with Crippen molar-refractivity contribution < 1.29 is 9.53 Å². The zero-order valence-electron chi connectivity index (χ0n) is 14.6. The molecule has 0 aliphatic rings. The van der Waals surface area contributed by atoms with Gasteiger partial charge in [0.05, 0.1) is 13.2 Å². The summed E-state index contributed by atoms with van der Waals surface area (Å²) in [6.07, 6.45) is 3.22. The van der Waals surface area contributed by atoms with Crippen LogP contribution in [0.25, 0.3) is 0 Å². The van der Waals surface area contributed by atoms with E-state index in [4.69, 9.17) is 22.1 Å². The Bertz CT molecular complexity index is 705. The number of carbonyl (C=O) groups excluding carboxylic acids is 1. The van der Waals surface area contributed by atoms with Crippen LogP contribution in [-0.4, -0.2) is 33.9 Å². The fourth-order valence-corrected chi connectivity index (χ4v) is 3.43. The summed E-state index contributed by atoms with van der Waals surface area (Å²) in [6.45, 7) is 4.82. The van der Waals surface area contributed by atoms with E-state index in [9.17, 15) is 4.79 Å². The number of aromatic nitrogens is 2. The third kappa shape index (κ3) is 5.49. The number of imidazole rings is 1. The molecule has 0 aliphatic carbocycles. The van der Waals surface area contributed by atoms with Gasteiger partial charge in [0.1, 0.15) is 6.04 Å². The Kier molecular flexibility index (Phi) is 7.81. The maximum atomic E-state index is 11.8. The molecule has 2 rings (SSSR count). The molecule has 5 nitrogen and oxygen atoms in total. The molecule has 0 radical (unpaired) electrons. The second-order valence-corrected chi connectivity index (χ2v) is 7.09. The number of esters is 1. The van der Waals surface area contributed by atoms with Crippen LogP contribution in [0.1, 0.15) is 31.5 Å². The van der Waals surface area contributed by atoms with Crippen LogP contribution in [0.2, 0.25) is 5.02 Å². The topological polar surface area (TPSA) is 70.1 Å². The molecule has 0 spiro atoms. The quantitative estimate of drug-likeness (QED) is 0.531. The van der Waals surface area contributed by atoms with Gasteiger partial charge >= 0.3 is 5.97 Å². The van der Waals surface area contributed by atoms with Crippen molar-refractivity contribution in [1.29, 1.82) is 0 Å². The van der Waals surface area contributed by atoms with E-state index in [-0.39, 0.29) is 0 Å². The van der Waals surface area contributed by atoms with E-state index in [1.54, 1.807) is 24.9 Å². The SMILES string of the molecule is CCCSc1ncc(CC(N)C(=O)OCC)n1Cc1ccccc1Cl. The van der Waals surface area contributed by atoms with Gasteiger partial charge in [0, 0.05) is 29.1 Å². The average Bonchev–Trinajstić information content (AvgIpc) is 2.97. The Morgan fingerprint density at radius 1 is 1.40 bits per heavy atom. The minimum Gasteiger partial charge on any atom is -0.465 e. The maximum absolute atomic E-state index is 11.8. The lowest BCUT2D eigenvalue weighted by molar-refractivity contribution is -0.144. The molecule has 7 heteroatoms. The number of hydrogen-bond donors (Lipinski definition) is 1. The normalized spacial score (nSPS) is 12.2. The minimum absolute atomic E-state index is 0.322. The second kappa shape index (κ2) is 9.85. The van der Waals surface area contributed by atoms with E-state index in [2.05, 4.69) is 16.5 Å². The first-order valence-electron chi connectivity index (χ1n) is 8.39. The van der Waals surface area contributed by atoms with Crippen LogP contribution in [-0.2, 0) is 22.5 Å². The molecule has 0 saturated carbocycles. The number of hydrogen-bond acceptors (Lipinski definition) is 5. The van der Waals surface area contributed by atoms with Crippen LogP contribution in [0.4, 0.5) is 0 Å². The molecule has 1 unspecified atom stereocenters. The molecule has 0 aliphatic heterocycles. The molecule has 1 atom stereocenters. The number of nitrogens with two attached hydrogens (primary N) is 1. The van der Waals surface area contributed by atoms with E-state index < -0.39 is 12.0 Å². The van der Waals surface area contributed by atoms with Gasteiger partial charge in [-0.1, -0.05) is 48.5 Å². The molecular formula is C18H24ClN3O2S. The molecule has 2 N–H and O–H groups in total. The minimum atomic E-state index is -0.703. The van der Waals surface area contributed by atoms with Crippen molar-refractivity contribution in [3.8, 4) is 0 Å². The van der Waals surface area contributed by atoms with Crippen LogP contribution in [0, 0.1) is 0 Å². The van der Waals surface area contributed by atoms with Crippen molar-refractivity contribution in [2.75, 3.05) is 12.4 Å². The molecule has 0 amide bonds. The third-order valence-corrected chi connectivity index (χ3v) is 5.21. The lowest BCUT2D eigenvalue weighted by Crippen LogP contribution is -2.35. The highest BCUT2D eigenvalue weighted by molar-refractivity contribution is 7.99. The summed E-state index contributed by atoms with van der Waals surface area (Å²) in [7, 11) is 0. The Hall–Kier alpha value is -1.50. The van der Waals surface area contributed by atoms with Crippen molar-refractivity contribution in [3.05, 3.63) is 46.7 Å². The van der Waals surface area contributed by atoms with Crippen molar-refractivity contribution in [1.82, 2.24) is 9.55 Å². The molecule has 0 saturated heterocycles. The highest BCUT2D eigenvalue weighted by atomic mass is 35.5. The largest absolute Gasteiger partial charge is 0.465 e. The number of rotatable bonds is 9. The predicted molar refractivity (Wildman–Crippen MR) is 102 cm³/mol. The van der Waals surface area contributed by atoms with Gasteiger partial charge < -0.3 is 15.0 Å². The predicted octanol–water partition coefficient (Wildman–Crippen LogP) is 3.52. The zero-order valence-corrected chi connectivity index (χ0v) is 16.1. The number of halogens is 1. The molecule has 25 heavy (non-hydrogen) atoms. The molecular weight excluding hydrogens is 358 g/mol. The summed E-state index contributed by atoms with van der Waals surface area (Å²) < 4.78 is 7.09. The summed E-state index contributed by atoms with van der Waals surface area (Å²) >= 11 is 8.00. The first-order chi connectivity index (χ1) is 12.1. The summed E-state index contributed by atoms with van der Waals surface area (Å²) in [5.41, 5.74) is 7.90. The number of nitrogens with zero attached hydrogens (tertiary/aromatic N) is 2. The van der Waals surface area contributed by atoms with E-state index >= 15 is 0 Å². The average molecular weight is 382 g/mol. The molecule has 1 heterocycles. The van der Waals surface area contributed by atoms with Gasteiger partial charge in [-0.2, -0.15) is 0 Å². The molecule has 1 aromatic heterocycles. The zero-order chi connectivity index (χ0) is 18.2. The van der Waals surface area contributed by atoms with E-state index in [0.717, 1.165) is 28.6 Å². The second-order valence-electron chi connectivity index (χ2n) is 5.62. The Balaban J connectivity index is 2.25. The van der Waals surface area contributed by atoms with E-state index in [1.807, 2.05) is 24.3 Å². The van der Waals surface area contributed by atoms with Crippen molar-refractivity contribution in [3.63, 3.8) is 0 Å². The number of carbonyl (C=O) groups is 1. The molecule has 0 bridgehead atoms. The first kappa shape index (κ1) is 19.8. The Morgan fingerprint density at radius 3 is 2.84 bits per heavy atom. The monoisotopic (exact) mass is 381 g/mol. The van der Waals surface area contributed by atoms with Crippen LogP contribution in [0.3, 0.4) is 0 Å². The summed E-state index contributed by atoms with van der Waals surface area (Å²) in [6, 6.07) is 7.03. The van der Waals surface area contributed by atoms with Crippen LogP contribution >= 0.6 is 23.4 Å². The van der Waals surface area contributed by atoms with Gasteiger partial charge in [0.15, 0.2) is 5.16 Å². The summed E-state index contributed by atoms with van der Waals surface area (Å²) in [5.74, 6) is 0.582. The smallest absolute Gasteiger partial charge is 0.323 e. The first-order valence-corrected chi connectivity index (χ1v) is 9.76. The Morgan fingerprint density at radius 2 is 2.16 bits per heavy atom. The van der Waals surface area contributed by atoms with Crippen LogP contribution in [0.15, 0.2) is 35.6 Å². The van der Waals surface area contributed by atoms with Crippen molar-refractivity contribution in [2.24, 2.45) is 5.73 Å². The van der Waals surface area contributed by atoms with Gasteiger partial charge in [0.25, 0.3) is 0 Å². The number of benzene rings is 1. The van der Waals surface area contributed by atoms with E-state index in [0.29, 0.717) is 24.6 Å². The highest BCUT2D eigenvalue weighted by Crippen LogP contribution is 2.24. The fraction of sp³-hybridized carbons (Fsp3) is 0.444. The standard InChI is InChI=1S/C18H24ClN3O2S/c1-3-9-25-18-21-11-14(10-16(20)17(23)24-4-2)22(18)12-13-7-5-6-8-15(13)19/h5-8,11,16H,3-4,9-10,12,20H2,1-2H3. The van der Waals surface area contributed by atoms with Crippen molar-refractivity contribution in [2.45, 2.75) is 44.4 Å². The number of ether oxygens (including phenoxy) is 1. The van der Waals surface area contributed by atoms with E-state index in [1.165, 1.54) is 0 Å². The van der Waals surface area contributed by atoms with Crippen LogP contribution in [0.5, 0.6) is 0 Å². The van der Waals surface area contributed by atoms with Gasteiger partial charge in [-0.25, -0.2) is 4.98 Å². The lowest BCUT2D eigenvalue weighted by Gasteiger charge is -2.15. The Labute approximate surface area is 157 Å². The number of thioether (sulfide) groups is 1. The highest BCUT2D eigenvalue weighted by Gasteiger charge is 2.20. The molecule has 1 aromatic carbocycles. The summed E-state index contributed by atoms with van der Waals surface area (Å²) in [5, 5.41) is 1.62. The fourth-order valence-electron chi connectivity index (χ4n) is 2.39. The molecule has 2 aromatic rings. The van der Waals surface area contributed by atoms with Gasteiger partial charge in [0.2, 0.25) is 0 Å². The molecule has 136 valence electrons. The summed E-state index contributed by atoms with van der Waals surface area (Å²) in [4.78, 5) is 16.4. The maximum Gasteiger partial charge on any atom is 0.323 e.